The summed E-state index contributed by atoms with van der Waals surface area (Å²) in [7, 11) is -3.45. The van der Waals surface area contributed by atoms with E-state index in [2.05, 4.69) is 15.7 Å². The van der Waals surface area contributed by atoms with Crippen LogP contribution >= 0.6 is 34.5 Å². The maximum Gasteiger partial charge on any atom is 0.215 e. The molecule has 1 atom stereocenters. The number of thiophene rings is 1. The van der Waals surface area contributed by atoms with Gasteiger partial charge in [0.1, 0.15) is 0 Å². The minimum atomic E-state index is -3.45. The zero-order valence-electron chi connectivity index (χ0n) is 13.6. The molecule has 0 spiro atoms. The van der Waals surface area contributed by atoms with Gasteiger partial charge in [0.25, 0.3) is 0 Å². The molecule has 1 aliphatic heterocycles. The van der Waals surface area contributed by atoms with Gasteiger partial charge in [0.15, 0.2) is 0 Å². The summed E-state index contributed by atoms with van der Waals surface area (Å²) < 4.78 is 27.7. The van der Waals surface area contributed by atoms with E-state index in [1.54, 1.807) is 29.5 Å². The molecule has 0 radical (unpaired) electrons. The Labute approximate surface area is 162 Å². The highest BCUT2D eigenvalue weighted by molar-refractivity contribution is 7.88. The first-order valence-electron chi connectivity index (χ1n) is 8.13. The molecule has 3 rings (SSSR count). The number of nitrogens with one attached hydrogen (secondary N) is 1. The van der Waals surface area contributed by atoms with Gasteiger partial charge in [0, 0.05) is 11.4 Å². The molecule has 1 unspecified atom stereocenters. The number of rotatable bonds is 7. The number of likely N-dealkylation sites (tertiary alicyclic amines) is 1. The summed E-state index contributed by atoms with van der Waals surface area (Å²) >= 11 is 13.5. The summed E-state index contributed by atoms with van der Waals surface area (Å²) in [4.78, 5) is 3.55. The van der Waals surface area contributed by atoms with Crippen molar-refractivity contribution >= 4 is 44.6 Å². The molecule has 1 saturated heterocycles. The third kappa shape index (κ3) is 5.18. The standard InChI is InChI=1S/C17H20Cl2N2O2S2/c18-14-6-5-13(10-15(14)19)12-25(22,23)20-11-16(17-4-3-9-24-17)21-7-1-2-8-21/h3-6,9-10,16,20H,1-2,7-8,11-12H2. The summed E-state index contributed by atoms with van der Waals surface area (Å²) in [5.74, 6) is -0.110. The van der Waals surface area contributed by atoms with Gasteiger partial charge in [-0.2, -0.15) is 0 Å². The van der Waals surface area contributed by atoms with Crippen molar-refractivity contribution in [2.24, 2.45) is 0 Å². The van der Waals surface area contributed by atoms with Gasteiger partial charge in [-0.3, -0.25) is 4.90 Å². The lowest BCUT2D eigenvalue weighted by Gasteiger charge is -2.26. The van der Waals surface area contributed by atoms with E-state index in [4.69, 9.17) is 23.2 Å². The third-order valence-corrected chi connectivity index (χ3v) is 7.32. The molecule has 136 valence electrons. The fourth-order valence-corrected chi connectivity index (χ4v) is 5.36. The second-order valence-electron chi connectivity index (χ2n) is 6.13. The molecule has 25 heavy (non-hydrogen) atoms. The molecule has 1 N–H and O–H groups in total. The van der Waals surface area contributed by atoms with E-state index >= 15 is 0 Å². The fraction of sp³-hybridized carbons (Fsp3) is 0.412. The number of nitrogens with zero attached hydrogens (tertiary/aromatic N) is 1. The Bertz CT molecular complexity index is 804. The molecule has 0 aliphatic carbocycles. The van der Waals surface area contributed by atoms with Gasteiger partial charge >= 0.3 is 0 Å². The Balaban J connectivity index is 1.67. The number of sulfonamides is 1. The van der Waals surface area contributed by atoms with Crippen LogP contribution in [0.1, 0.15) is 29.3 Å². The van der Waals surface area contributed by atoms with Crippen LogP contribution in [0.5, 0.6) is 0 Å². The number of hydrogen-bond acceptors (Lipinski definition) is 4. The third-order valence-electron chi connectivity index (χ3n) is 4.29. The van der Waals surface area contributed by atoms with Crippen LogP contribution in [0.25, 0.3) is 0 Å². The van der Waals surface area contributed by atoms with Crippen molar-refractivity contribution in [1.29, 1.82) is 0 Å². The van der Waals surface area contributed by atoms with Crippen LogP contribution in [0, 0.1) is 0 Å². The summed E-state index contributed by atoms with van der Waals surface area (Å²) in [6.07, 6.45) is 2.33. The quantitative estimate of drug-likeness (QED) is 0.728. The molecule has 2 aromatic rings. The second-order valence-corrected chi connectivity index (χ2v) is 9.73. The fourth-order valence-electron chi connectivity index (χ4n) is 3.05. The van der Waals surface area contributed by atoms with Crippen molar-refractivity contribution in [3.05, 3.63) is 56.2 Å². The van der Waals surface area contributed by atoms with E-state index in [0.717, 1.165) is 25.9 Å². The van der Waals surface area contributed by atoms with Crippen LogP contribution in [0.4, 0.5) is 0 Å². The van der Waals surface area contributed by atoms with E-state index in [1.807, 2.05) is 11.4 Å². The van der Waals surface area contributed by atoms with Gasteiger partial charge in [-0.15, -0.1) is 11.3 Å². The van der Waals surface area contributed by atoms with E-state index in [9.17, 15) is 8.42 Å². The molecule has 2 heterocycles. The molecule has 1 aromatic carbocycles. The van der Waals surface area contributed by atoms with Gasteiger partial charge in [0.05, 0.1) is 21.8 Å². The lowest BCUT2D eigenvalue weighted by molar-refractivity contribution is 0.250. The Morgan fingerprint density at radius 1 is 1.16 bits per heavy atom. The monoisotopic (exact) mass is 418 g/mol. The molecule has 0 amide bonds. The molecule has 0 bridgehead atoms. The zero-order chi connectivity index (χ0) is 17.9. The maximum atomic E-state index is 12.5. The first-order chi connectivity index (χ1) is 11.9. The molecular formula is C17H20Cl2N2O2S2. The van der Waals surface area contributed by atoms with Gasteiger partial charge in [0.2, 0.25) is 10.0 Å². The summed E-state index contributed by atoms with van der Waals surface area (Å²) in [5, 5.41) is 2.81. The second kappa shape index (κ2) is 8.37. The normalized spacial score (nSPS) is 17.0. The van der Waals surface area contributed by atoms with Crippen LogP contribution in [0.2, 0.25) is 10.0 Å². The van der Waals surface area contributed by atoms with E-state index < -0.39 is 10.0 Å². The first-order valence-corrected chi connectivity index (χ1v) is 11.4. The van der Waals surface area contributed by atoms with E-state index in [0.29, 0.717) is 22.2 Å². The summed E-state index contributed by atoms with van der Waals surface area (Å²) in [5.41, 5.74) is 0.621. The topological polar surface area (TPSA) is 49.4 Å². The van der Waals surface area contributed by atoms with Gasteiger partial charge in [-0.1, -0.05) is 35.3 Å². The van der Waals surface area contributed by atoms with Crippen molar-refractivity contribution in [2.45, 2.75) is 24.6 Å². The average Bonchev–Trinajstić information content (AvgIpc) is 3.25. The van der Waals surface area contributed by atoms with Crippen molar-refractivity contribution < 1.29 is 8.42 Å². The highest BCUT2D eigenvalue weighted by atomic mass is 35.5. The van der Waals surface area contributed by atoms with Crippen LogP contribution in [0.15, 0.2) is 35.7 Å². The predicted octanol–water partition coefficient (Wildman–Crippen LogP) is 4.31. The smallest absolute Gasteiger partial charge is 0.215 e. The molecule has 0 saturated carbocycles. The lowest BCUT2D eigenvalue weighted by Crippen LogP contribution is -2.36. The molecule has 1 fully saturated rings. The lowest BCUT2D eigenvalue weighted by atomic mass is 10.2. The van der Waals surface area contributed by atoms with Gasteiger partial charge in [-0.25, -0.2) is 13.1 Å². The van der Waals surface area contributed by atoms with Crippen molar-refractivity contribution in [3.8, 4) is 0 Å². The molecule has 1 aromatic heterocycles. The van der Waals surface area contributed by atoms with Gasteiger partial charge in [-0.05, 0) is 55.1 Å². The van der Waals surface area contributed by atoms with Gasteiger partial charge < -0.3 is 0 Å². The van der Waals surface area contributed by atoms with Crippen LogP contribution < -0.4 is 4.72 Å². The molecule has 1 aliphatic rings. The predicted molar refractivity (Wildman–Crippen MR) is 105 cm³/mol. The summed E-state index contributed by atoms with van der Waals surface area (Å²) in [6, 6.07) is 9.07. The highest BCUT2D eigenvalue weighted by Crippen LogP contribution is 2.28. The van der Waals surface area contributed by atoms with Crippen LogP contribution in [-0.2, 0) is 15.8 Å². The molecule has 4 nitrogen and oxygen atoms in total. The van der Waals surface area contributed by atoms with Crippen molar-refractivity contribution in [2.75, 3.05) is 19.6 Å². The van der Waals surface area contributed by atoms with Crippen molar-refractivity contribution in [3.63, 3.8) is 0 Å². The van der Waals surface area contributed by atoms with Crippen LogP contribution in [-0.4, -0.2) is 33.0 Å². The van der Waals surface area contributed by atoms with E-state index in [-0.39, 0.29) is 11.8 Å². The average molecular weight is 419 g/mol. The Morgan fingerprint density at radius 3 is 2.56 bits per heavy atom. The molecule has 8 heteroatoms. The molecular weight excluding hydrogens is 399 g/mol. The largest absolute Gasteiger partial charge is 0.294 e. The van der Waals surface area contributed by atoms with E-state index in [1.165, 1.54) is 4.88 Å². The number of halogens is 2. The SMILES string of the molecule is O=S(=O)(Cc1ccc(Cl)c(Cl)c1)NCC(c1cccs1)N1CCCC1. The Morgan fingerprint density at radius 2 is 1.92 bits per heavy atom. The van der Waals surface area contributed by atoms with Crippen molar-refractivity contribution in [1.82, 2.24) is 9.62 Å². The minimum Gasteiger partial charge on any atom is -0.294 e. The minimum absolute atomic E-state index is 0.0890. The Kier molecular flexibility index (Phi) is 6.41. The number of benzene rings is 1. The van der Waals surface area contributed by atoms with Crippen LogP contribution in [0.3, 0.4) is 0 Å². The number of hydrogen-bond donors (Lipinski definition) is 1. The highest BCUT2D eigenvalue weighted by Gasteiger charge is 2.25. The first kappa shape index (κ1) is 19.1. The zero-order valence-corrected chi connectivity index (χ0v) is 16.8. The summed E-state index contributed by atoms with van der Waals surface area (Å²) in [6.45, 7) is 2.40. The Hall–Kier alpha value is -0.630. The maximum absolute atomic E-state index is 12.5.